The Balaban J connectivity index is 1.97. The second kappa shape index (κ2) is 9.89. The third-order valence-electron chi connectivity index (χ3n) is 4.45. The van der Waals surface area contributed by atoms with Crippen molar-refractivity contribution in [1.29, 1.82) is 0 Å². The molecule has 0 fully saturated rings. The molecule has 2 aromatic rings. The van der Waals surface area contributed by atoms with E-state index in [-0.39, 0.29) is 24.2 Å². The summed E-state index contributed by atoms with van der Waals surface area (Å²) >= 11 is 0. The van der Waals surface area contributed by atoms with Crippen LogP contribution in [-0.4, -0.2) is 16.0 Å². The van der Waals surface area contributed by atoms with Crippen molar-refractivity contribution in [1.82, 2.24) is 15.5 Å². The molecular formula is C21H28F3N3O2. The quantitative estimate of drug-likeness (QED) is 0.597. The van der Waals surface area contributed by atoms with Crippen LogP contribution in [0.2, 0.25) is 0 Å². The van der Waals surface area contributed by atoms with Gasteiger partial charge in [-0.2, -0.15) is 18.2 Å². The second-order valence-corrected chi connectivity index (χ2v) is 7.93. The molecular weight excluding hydrogens is 383 g/mol. The number of carbonyl (C=O) groups is 1. The summed E-state index contributed by atoms with van der Waals surface area (Å²) in [4.78, 5) is 16.7. The standard InChI is InChI=1S/C21H28F3N3O2/c1-13(2)11-17(15-7-5-8-16(12-15)21(22,23)24)25-18(28)9-6-10-19-26-20(14(3)4)27-29-19/h5,7-8,12-14,17H,6,9-11H2,1-4H3,(H,25,28). The molecule has 0 aliphatic heterocycles. The fourth-order valence-corrected chi connectivity index (χ4v) is 2.95. The molecule has 1 heterocycles. The fraction of sp³-hybridized carbons (Fsp3) is 0.571. The maximum atomic E-state index is 13.0. The van der Waals surface area contributed by atoms with Crippen molar-refractivity contribution in [3.63, 3.8) is 0 Å². The smallest absolute Gasteiger partial charge is 0.349 e. The van der Waals surface area contributed by atoms with Crippen LogP contribution in [0, 0.1) is 5.92 Å². The minimum atomic E-state index is -4.42. The van der Waals surface area contributed by atoms with Gasteiger partial charge in [0.05, 0.1) is 11.6 Å². The normalized spacial score (nSPS) is 13.1. The van der Waals surface area contributed by atoms with Crippen LogP contribution in [0.25, 0.3) is 0 Å². The van der Waals surface area contributed by atoms with Crippen LogP contribution in [-0.2, 0) is 17.4 Å². The number of benzene rings is 1. The van der Waals surface area contributed by atoms with Crippen LogP contribution >= 0.6 is 0 Å². The number of halogens is 3. The summed E-state index contributed by atoms with van der Waals surface area (Å²) < 4.78 is 44.2. The molecule has 1 aromatic heterocycles. The van der Waals surface area contributed by atoms with Crippen molar-refractivity contribution in [2.24, 2.45) is 5.92 Å². The first-order chi connectivity index (χ1) is 13.6. The molecule has 0 bridgehead atoms. The van der Waals surface area contributed by atoms with Crippen LogP contribution in [0.3, 0.4) is 0 Å². The maximum Gasteiger partial charge on any atom is 0.416 e. The number of aryl methyl sites for hydroxylation is 1. The predicted molar refractivity (Wildman–Crippen MR) is 103 cm³/mol. The van der Waals surface area contributed by atoms with Gasteiger partial charge in [0.15, 0.2) is 5.82 Å². The second-order valence-electron chi connectivity index (χ2n) is 7.93. The Hall–Kier alpha value is -2.38. The van der Waals surface area contributed by atoms with Gasteiger partial charge in [-0.1, -0.05) is 45.0 Å². The molecule has 0 aliphatic rings. The first-order valence-corrected chi connectivity index (χ1v) is 9.85. The van der Waals surface area contributed by atoms with Crippen LogP contribution in [0.4, 0.5) is 13.2 Å². The summed E-state index contributed by atoms with van der Waals surface area (Å²) in [7, 11) is 0. The van der Waals surface area contributed by atoms with Gasteiger partial charge in [-0.3, -0.25) is 4.79 Å². The molecule has 1 aromatic carbocycles. The number of alkyl halides is 3. The lowest BCUT2D eigenvalue weighted by Gasteiger charge is -2.22. The zero-order valence-electron chi connectivity index (χ0n) is 17.2. The molecule has 0 aliphatic carbocycles. The zero-order chi connectivity index (χ0) is 21.6. The largest absolute Gasteiger partial charge is 0.416 e. The molecule has 1 N–H and O–H groups in total. The molecule has 0 spiro atoms. The van der Waals surface area contributed by atoms with Crippen LogP contribution in [0.1, 0.15) is 81.8 Å². The van der Waals surface area contributed by atoms with Crippen molar-refractivity contribution >= 4 is 5.91 Å². The Morgan fingerprint density at radius 1 is 1.21 bits per heavy atom. The lowest BCUT2D eigenvalue weighted by molar-refractivity contribution is -0.137. The Morgan fingerprint density at radius 2 is 1.93 bits per heavy atom. The maximum absolute atomic E-state index is 13.0. The summed E-state index contributed by atoms with van der Waals surface area (Å²) in [6.45, 7) is 7.86. The highest BCUT2D eigenvalue weighted by Gasteiger charge is 2.31. The van der Waals surface area contributed by atoms with Crippen LogP contribution < -0.4 is 5.32 Å². The number of aromatic nitrogens is 2. The van der Waals surface area contributed by atoms with Crippen molar-refractivity contribution in [2.75, 3.05) is 0 Å². The highest BCUT2D eigenvalue weighted by atomic mass is 19.4. The molecule has 29 heavy (non-hydrogen) atoms. The number of carbonyl (C=O) groups excluding carboxylic acids is 1. The number of rotatable bonds is 9. The van der Waals surface area contributed by atoms with Gasteiger partial charge in [0, 0.05) is 18.8 Å². The van der Waals surface area contributed by atoms with E-state index in [0.717, 1.165) is 12.1 Å². The monoisotopic (exact) mass is 411 g/mol. The molecule has 1 unspecified atom stereocenters. The van der Waals surface area contributed by atoms with E-state index in [1.54, 1.807) is 6.07 Å². The zero-order valence-corrected chi connectivity index (χ0v) is 17.2. The molecule has 1 atom stereocenters. The van der Waals surface area contributed by atoms with Crippen molar-refractivity contribution in [2.45, 2.75) is 71.5 Å². The highest BCUT2D eigenvalue weighted by molar-refractivity contribution is 5.76. The van der Waals surface area contributed by atoms with Gasteiger partial charge >= 0.3 is 6.18 Å². The Bertz CT molecular complexity index is 800. The molecule has 0 saturated heterocycles. The third-order valence-corrected chi connectivity index (χ3v) is 4.45. The molecule has 1 amide bonds. The van der Waals surface area contributed by atoms with E-state index in [2.05, 4.69) is 15.5 Å². The fourth-order valence-electron chi connectivity index (χ4n) is 2.95. The minimum absolute atomic E-state index is 0.167. The van der Waals surface area contributed by atoms with Gasteiger partial charge in [-0.05, 0) is 36.5 Å². The number of nitrogens with zero attached hydrogens (tertiary/aromatic N) is 2. The Labute approximate surface area is 169 Å². The van der Waals surface area contributed by atoms with Crippen LogP contribution in [0.5, 0.6) is 0 Å². The third kappa shape index (κ3) is 7.18. The first kappa shape index (κ1) is 22.9. The van der Waals surface area contributed by atoms with E-state index < -0.39 is 17.8 Å². The number of hydrogen-bond donors (Lipinski definition) is 1. The summed E-state index contributed by atoms with van der Waals surface area (Å²) in [5, 5.41) is 6.76. The number of hydrogen-bond acceptors (Lipinski definition) is 4. The van der Waals surface area contributed by atoms with Gasteiger partial charge in [0.2, 0.25) is 11.8 Å². The predicted octanol–water partition coefficient (Wildman–Crippen LogP) is 5.44. The molecule has 160 valence electrons. The molecule has 0 saturated carbocycles. The average Bonchev–Trinajstić information content (AvgIpc) is 3.09. The number of nitrogens with one attached hydrogen (secondary N) is 1. The molecule has 8 heteroatoms. The van der Waals surface area contributed by atoms with E-state index in [0.29, 0.717) is 36.5 Å². The lowest BCUT2D eigenvalue weighted by atomic mass is 9.95. The average molecular weight is 411 g/mol. The van der Waals surface area contributed by atoms with E-state index in [1.165, 1.54) is 6.07 Å². The molecule has 0 radical (unpaired) electrons. The van der Waals surface area contributed by atoms with Gasteiger partial charge in [0.25, 0.3) is 0 Å². The summed E-state index contributed by atoms with van der Waals surface area (Å²) in [5.74, 6) is 1.28. The lowest BCUT2D eigenvalue weighted by Crippen LogP contribution is -2.29. The van der Waals surface area contributed by atoms with Crippen LogP contribution in [0.15, 0.2) is 28.8 Å². The first-order valence-electron chi connectivity index (χ1n) is 9.85. The van der Waals surface area contributed by atoms with Gasteiger partial charge in [-0.25, -0.2) is 0 Å². The van der Waals surface area contributed by atoms with Gasteiger partial charge < -0.3 is 9.84 Å². The van der Waals surface area contributed by atoms with E-state index in [9.17, 15) is 18.0 Å². The van der Waals surface area contributed by atoms with E-state index in [1.807, 2.05) is 27.7 Å². The topological polar surface area (TPSA) is 68.0 Å². The van der Waals surface area contributed by atoms with E-state index in [4.69, 9.17) is 4.52 Å². The van der Waals surface area contributed by atoms with Gasteiger partial charge in [0.1, 0.15) is 0 Å². The number of amides is 1. The van der Waals surface area contributed by atoms with Crippen molar-refractivity contribution in [3.8, 4) is 0 Å². The SMILES string of the molecule is CC(C)CC(NC(=O)CCCc1nc(C(C)C)no1)c1cccc(C(F)(F)F)c1. The summed E-state index contributed by atoms with van der Waals surface area (Å²) in [5.41, 5.74) is -0.254. The van der Waals surface area contributed by atoms with Crippen molar-refractivity contribution in [3.05, 3.63) is 47.1 Å². The summed E-state index contributed by atoms with van der Waals surface area (Å²) in [6, 6.07) is 4.67. The summed E-state index contributed by atoms with van der Waals surface area (Å²) in [6.07, 6.45) is -2.64. The minimum Gasteiger partial charge on any atom is -0.349 e. The van der Waals surface area contributed by atoms with Crippen molar-refractivity contribution < 1.29 is 22.5 Å². The molecule has 5 nitrogen and oxygen atoms in total. The van der Waals surface area contributed by atoms with E-state index >= 15 is 0 Å². The Kier molecular flexibility index (Phi) is 7.81. The Morgan fingerprint density at radius 3 is 2.52 bits per heavy atom. The van der Waals surface area contributed by atoms with Gasteiger partial charge in [-0.15, -0.1) is 0 Å². The highest BCUT2D eigenvalue weighted by Crippen LogP contribution is 2.32. The molecule has 2 rings (SSSR count).